The Hall–Kier alpha value is -3.46. The van der Waals surface area contributed by atoms with E-state index < -0.39 is 12.0 Å². The average Bonchev–Trinajstić information content (AvgIpc) is 3.23. The summed E-state index contributed by atoms with van der Waals surface area (Å²) >= 11 is 11.1. The van der Waals surface area contributed by atoms with Crippen molar-refractivity contribution in [1.29, 1.82) is 0 Å². The molecule has 0 saturated carbocycles. The third kappa shape index (κ3) is 5.70. The molecule has 2 heterocycles. The van der Waals surface area contributed by atoms with Gasteiger partial charge in [-0.05, 0) is 72.1 Å². The van der Waals surface area contributed by atoms with Gasteiger partial charge in [-0.25, -0.2) is 9.79 Å². The van der Waals surface area contributed by atoms with Crippen LogP contribution in [-0.2, 0) is 16.1 Å². The van der Waals surface area contributed by atoms with Crippen LogP contribution in [-0.4, -0.2) is 17.1 Å². The fourth-order valence-corrected chi connectivity index (χ4v) is 6.25. The van der Waals surface area contributed by atoms with E-state index in [4.69, 9.17) is 21.1 Å². The number of halogens is 2. The molecule has 3 aromatic carbocycles. The van der Waals surface area contributed by atoms with Gasteiger partial charge in [-0.1, -0.05) is 77.0 Å². The fourth-order valence-electron chi connectivity index (χ4n) is 4.50. The molecule has 0 N–H and O–H groups in total. The van der Waals surface area contributed by atoms with Crippen LogP contribution in [0.3, 0.4) is 0 Å². The number of nitrogens with zero attached hydrogens (tertiary/aromatic N) is 2. The van der Waals surface area contributed by atoms with Crippen LogP contribution in [0.25, 0.3) is 6.08 Å². The molecule has 1 aromatic heterocycles. The minimum atomic E-state index is -0.634. The zero-order valence-corrected chi connectivity index (χ0v) is 25.3. The van der Waals surface area contributed by atoms with Crippen molar-refractivity contribution in [3.8, 4) is 5.75 Å². The summed E-state index contributed by atoms with van der Waals surface area (Å²) in [6.07, 6.45) is 1.82. The Morgan fingerprint density at radius 1 is 1.12 bits per heavy atom. The Morgan fingerprint density at radius 3 is 2.58 bits per heavy atom. The minimum Gasteiger partial charge on any atom is -0.488 e. The first kappa shape index (κ1) is 28.1. The van der Waals surface area contributed by atoms with Crippen molar-refractivity contribution < 1.29 is 14.3 Å². The SMILES string of the molecule is CCOC(=O)C1=C(C)N=c2s/c(=C/c3ccc(OCc4ccccc4Cl)c(Br)c3)c(=O)n2[C@H]1c1ccc(C)cc1. The van der Waals surface area contributed by atoms with Crippen LogP contribution >= 0.6 is 38.9 Å². The Labute approximate surface area is 249 Å². The maximum atomic E-state index is 13.8. The number of hydrogen-bond donors (Lipinski definition) is 0. The Morgan fingerprint density at radius 2 is 1.88 bits per heavy atom. The largest absolute Gasteiger partial charge is 0.488 e. The van der Waals surface area contributed by atoms with Crippen LogP contribution in [0.15, 0.2) is 92.3 Å². The first-order valence-corrected chi connectivity index (χ1v) is 14.7. The van der Waals surface area contributed by atoms with E-state index in [-0.39, 0.29) is 12.2 Å². The highest BCUT2D eigenvalue weighted by molar-refractivity contribution is 9.10. The number of benzene rings is 3. The summed E-state index contributed by atoms with van der Waals surface area (Å²) in [4.78, 5) is 32.0. The summed E-state index contributed by atoms with van der Waals surface area (Å²) in [5.74, 6) is 0.188. The molecule has 0 saturated heterocycles. The lowest BCUT2D eigenvalue weighted by atomic mass is 9.95. The number of thiazole rings is 1. The maximum absolute atomic E-state index is 13.8. The van der Waals surface area contributed by atoms with E-state index in [0.29, 0.717) is 38.0 Å². The molecule has 0 amide bonds. The number of aromatic nitrogens is 1. The number of fused-ring (bicyclic) bond motifs is 1. The molecule has 1 atom stereocenters. The molecular weight excluding hydrogens is 612 g/mol. The number of carbonyl (C=O) groups is 1. The highest BCUT2D eigenvalue weighted by Crippen LogP contribution is 2.31. The number of hydrogen-bond acceptors (Lipinski definition) is 6. The van der Waals surface area contributed by atoms with Crippen LogP contribution in [0.2, 0.25) is 5.02 Å². The second-order valence-electron chi connectivity index (χ2n) is 9.28. The van der Waals surface area contributed by atoms with E-state index in [9.17, 15) is 9.59 Å². The quantitative estimate of drug-likeness (QED) is 0.230. The molecule has 6 nitrogen and oxygen atoms in total. The zero-order valence-electron chi connectivity index (χ0n) is 22.1. The molecule has 0 bridgehead atoms. The van der Waals surface area contributed by atoms with Crippen molar-refractivity contribution in [2.24, 2.45) is 4.99 Å². The van der Waals surface area contributed by atoms with E-state index in [2.05, 4.69) is 20.9 Å². The van der Waals surface area contributed by atoms with E-state index in [0.717, 1.165) is 26.7 Å². The number of ether oxygens (including phenoxy) is 2. The molecule has 0 spiro atoms. The van der Waals surface area contributed by atoms with Crippen molar-refractivity contribution in [2.75, 3.05) is 6.61 Å². The molecular formula is C31H26BrClN2O4S. The molecule has 1 aliphatic rings. The highest BCUT2D eigenvalue weighted by atomic mass is 79.9. The zero-order chi connectivity index (χ0) is 28.4. The van der Waals surface area contributed by atoms with Gasteiger partial charge in [0.25, 0.3) is 5.56 Å². The number of rotatable bonds is 7. The van der Waals surface area contributed by atoms with Gasteiger partial charge in [0.1, 0.15) is 12.4 Å². The third-order valence-corrected chi connectivity index (χ3v) is 8.48. The molecule has 40 heavy (non-hydrogen) atoms. The maximum Gasteiger partial charge on any atom is 0.338 e. The number of esters is 1. The van der Waals surface area contributed by atoms with E-state index in [1.165, 1.54) is 11.3 Å². The van der Waals surface area contributed by atoms with Gasteiger partial charge >= 0.3 is 5.97 Å². The fraction of sp³-hybridized carbons (Fsp3) is 0.194. The second kappa shape index (κ2) is 12.0. The van der Waals surface area contributed by atoms with Gasteiger partial charge in [-0.15, -0.1) is 0 Å². The van der Waals surface area contributed by atoms with Gasteiger partial charge in [0, 0.05) is 10.6 Å². The molecule has 0 aliphatic carbocycles. The van der Waals surface area contributed by atoms with Gasteiger partial charge in [0.2, 0.25) is 0 Å². The molecule has 0 radical (unpaired) electrons. The molecule has 0 fully saturated rings. The highest BCUT2D eigenvalue weighted by Gasteiger charge is 2.33. The van der Waals surface area contributed by atoms with Crippen LogP contribution in [0, 0.1) is 6.92 Å². The third-order valence-electron chi connectivity index (χ3n) is 6.50. The van der Waals surface area contributed by atoms with Gasteiger partial charge < -0.3 is 9.47 Å². The lowest BCUT2D eigenvalue weighted by molar-refractivity contribution is -0.139. The Bertz CT molecular complexity index is 1810. The standard InChI is InChI=1S/C31H26BrClN2O4S/c1-4-38-30(37)27-19(3)34-31-35(28(27)21-12-9-18(2)10-13-21)29(36)26(40-31)16-20-11-14-25(23(32)15-20)39-17-22-7-5-6-8-24(22)33/h5-16,28H,4,17H2,1-3H3/b26-16+/t28-/m0/s1. The summed E-state index contributed by atoms with van der Waals surface area (Å²) in [7, 11) is 0. The minimum absolute atomic E-state index is 0.223. The lowest BCUT2D eigenvalue weighted by Crippen LogP contribution is -2.39. The lowest BCUT2D eigenvalue weighted by Gasteiger charge is -2.24. The molecule has 1 aliphatic heterocycles. The Kier molecular flexibility index (Phi) is 8.40. The van der Waals surface area contributed by atoms with Gasteiger partial charge in [0.05, 0.1) is 32.9 Å². The van der Waals surface area contributed by atoms with Crippen molar-refractivity contribution in [3.63, 3.8) is 0 Å². The number of carbonyl (C=O) groups excluding carboxylic acids is 1. The number of allylic oxidation sites excluding steroid dienone is 1. The summed E-state index contributed by atoms with van der Waals surface area (Å²) in [6, 6.07) is 20.4. The van der Waals surface area contributed by atoms with Crippen LogP contribution in [0.4, 0.5) is 0 Å². The molecule has 204 valence electrons. The predicted molar refractivity (Wildman–Crippen MR) is 162 cm³/mol. The van der Waals surface area contributed by atoms with Gasteiger partial charge in [0.15, 0.2) is 4.80 Å². The molecule has 4 aromatic rings. The predicted octanol–water partition coefficient (Wildman–Crippen LogP) is 6.10. The molecule has 5 rings (SSSR count). The smallest absolute Gasteiger partial charge is 0.338 e. The first-order valence-electron chi connectivity index (χ1n) is 12.7. The van der Waals surface area contributed by atoms with Crippen LogP contribution < -0.4 is 19.6 Å². The van der Waals surface area contributed by atoms with Crippen molar-refractivity contribution in [1.82, 2.24) is 4.57 Å². The summed E-state index contributed by atoms with van der Waals surface area (Å²) in [5, 5.41) is 0.649. The average molecular weight is 638 g/mol. The topological polar surface area (TPSA) is 69.9 Å². The van der Waals surface area contributed by atoms with E-state index in [1.54, 1.807) is 18.4 Å². The number of aryl methyl sites for hydroxylation is 1. The normalized spacial score (nSPS) is 15.0. The summed E-state index contributed by atoms with van der Waals surface area (Å²) in [5.41, 5.74) is 4.29. The Balaban J connectivity index is 1.53. The first-order chi connectivity index (χ1) is 19.3. The van der Waals surface area contributed by atoms with E-state index in [1.807, 2.05) is 79.7 Å². The molecule has 9 heteroatoms. The van der Waals surface area contributed by atoms with Crippen LogP contribution in [0.5, 0.6) is 5.75 Å². The monoisotopic (exact) mass is 636 g/mol. The summed E-state index contributed by atoms with van der Waals surface area (Å²) in [6.45, 7) is 6.09. The van der Waals surface area contributed by atoms with Crippen LogP contribution in [0.1, 0.15) is 42.1 Å². The van der Waals surface area contributed by atoms with Crippen molar-refractivity contribution >= 4 is 50.9 Å². The molecule has 0 unspecified atom stereocenters. The van der Waals surface area contributed by atoms with Crippen molar-refractivity contribution in [3.05, 3.63) is 129 Å². The van der Waals surface area contributed by atoms with Gasteiger partial charge in [-0.2, -0.15) is 0 Å². The second-order valence-corrected chi connectivity index (χ2v) is 11.6. The van der Waals surface area contributed by atoms with E-state index >= 15 is 0 Å². The summed E-state index contributed by atoms with van der Waals surface area (Å²) < 4.78 is 14.2. The van der Waals surface area contributed by atoms with Crippen molar-refractivity contribution in [2.45, 2.75) is 33.4 Å². The van der Waals surface area contributed by atoms with Gasteiger partial charge in [-0.3, -0.25) is 9.36 Å².